The summed E-state index contributed by atoms with van der Waals surface area (Å²) in [6.07, 6.45) is 1.35. The number of carbonyl (C=O) groups is 3. The molecule has 3 rings (SSSR count). The average Bonchev–Trinajstić information content (AvgIpc) is 2.82. The van der Waals surface area contributed by atoms with Crippen LogP contribution in [-0.2, 0) is 28.6 Å². The largest absolute Gasteiger partial charge is 0.497 e. The van der Waals surface area contributed by atoms with Crippen molar-refractivity contribution in [1.29, 1.82) is 0 Å². The minimum atomic E-state index is -0.934. The zero-order valence-corrected chi connectivity index (χ0v) is 20.4. The van der Waals surface area contributed by atoms with Gasteiger partial charge in [-0.1, -0.05) is 26.0 Å². The van der Waals surface area contributed by atoms with Gasteiger partial charge in [-0.25, -0.2) is 4.79 Å². The van der Waals surface area contributed by atoms with Crippen LogP contribution in [0.3, 0.4) is 0 Å². The Hall–Kier alpha value is -3.13. The number of benzene rings is 1. The van der Waals surface area contributed by atoms with Gasteiger partial charge in [-0.05, 0) is 43.4 Å². The summed E-state index contributed by atoms with van der Waals surface area (Å²) < 4.78 is 21.3. The van der Waals surface area contributed by atoms with Gasteiger partial charge in [-0.3, -0.25) is 9.59 Å². The Labute approximate surface area is 200 Å². The number of hydrogen-bond donors (Lipinski definition) is 1. The van der Waals surface area contributed by atoms with Crippen molar-refractivity contribution in [3.05, 3.63) is 52.4 Å². The van der Waals surface area contributed by atoms with E-state index in [1.54, 1.807) is 32.2 Å². The predicted octanol–water partition coefficient (Wildman–Crippen LogP) is 3.28. The molecule has 0 bridgehead atoms. The first-order chi connectivity index (χ1) is 16.3. The Morgan fingerprint density at radius 1 is 1.15 bits per heavy atom. The lowest BCUT2D eigenvalue weighted by Gasteiger charge is -2.38. The van der Waals surface area contributed by atoms with Gasteiger partial charge in [0.1, 0.15) is 18.3 Å². The Kier molecular flexibility index (Phi) is 8.50. The monoisotopic (exact) mass is 471 g/mol. The molecule has 0 amide bonds. The summed E-state index contributed by atoms with van der Waals surface area (Å²) in [5, 5.41) is 3.25. The summed E-state index contributed by atoms with van der Waals surface area (Å²) in [6, 6.07) is 7.24. The van der Waals surface area contributed by atoms with Gasteiger partial charge in [0, 0.05) is 29.5 Å². The number of esters is 2. The molecular weight excluding hydrogens is 438 g/mol. The lowest BCUT2D eigenvalue weighted by Crippen LogP contribution is -2.43. The maximum atomic E-state index is 13.7. The Morgan fingerprint density at radius 3 is 2.59 bits per heavy atom. The maximum absolute atomic E-state index is 13.7. The number of dihydropyridines is 1. The van der Waals surface area contributed by atoms with E-state index in [0.29, 0.717) is 46.9 Å². The molecule has 3 unspecified atom stereocenters. The first-order valence-corrected chi connectivity index (χ1v) is 11.6. The van der Waals surface area contributed by atoms with E-state index in [2.05, 4.69) is 5.32 Å². The lowest BCUT2D eigenvalue weighted by molar-refractivity contribution is -0.151. The molecule has 1 N–H and O–H groups in total. The van der Waals surface area contributed by atoms with E-state index in [-0.39, 0.29) is 24.9 Å². The highest BCUT2D eigenvalue weighted by atomic mass is 16.6. The number of methoxy groups -OCH3 is 2. The quantitative estimate of drug-likeness (QED) is 0.333. The molecule has 0 radical (unpaired) electrons. The molecule has 8 heteroatoms. The van der Waals surface area contributed by atoms with E-state index in [9.17, 15) is 14.4 Å². The van der Waals surface area contributed by atoms with Crippen LogP contribution in [0.4, 0.5) is 0 Å². The van der Waals surface area contributed by atoms with Crippen LogP contribution in [-0.4, -0.2) is 51.8 Å². The summed E-state index contributed by atoms with van der Waals surface area (Å²) in [6.45, 7) is 6.63. The zero-order chi connectivity index (χ0) is 24.8. The van der Waals surface area contributed by atoms with Crippen LogP contribution in [0.25, 0.3) is 0 Å². The first-order valence-electron chi connectivity index (χ1n) is 11.6. The van der Waals surface area contributed by atoms with Gasteiger partial charge in [-0.15, -0.1) is 0 Å². The number of rotatable bonds is 9. The SMILES string of the molecule is CCCOCCOC(=O)C1=C(C)NC2=C(C(=O)C(C(=O)OC)C(C)C2)C1c1cccc(OC)c1. The molecule has 2 aliphatic rings. The van der Waals surface area contributed by atoms with Gasteiger partial charge in [0.25, 0.3) is 0 Å². The highest BCUT2D eigenvalue weighted by Gasteiger charge is 2.47. The molecule has 1 aromatic rings. The van der Waals surface area contributed by atoms with E-state index in [4.69, 9.17) is 18.9 Å². The van der Waals surface area contributed by atoms with Crippen molar-refractivity contribution in [3.63, 3.8) is 0 Å². The van der Waals surface area contributed by atoms with Crippen LogP contribution in [0.5, 0.6) is 5.75 Å². The number of ether oxygens (including phenoxy) is 4. The molecule has 3 atom stereocenters. The standard InChI is InChI=1S/C26H33NO7/c1-6-10-33-11-12-34-26(30)21-16(3)27-19-13-15(2)20(25(29)32-5)24(28)23(19)22(21)17-8-7-9-18(14-17)31-4/h7-9,14-15,20,22,27H,6,10-13H2,1-5H3. The predicted molar refractivity (Wildman–Crippen MR) is 125 cm³/mol. The zero-order valence-electron chi connectivity index (χ0n) is 20.4. The van der Waals surface area contributed by atoms with Crippen LogP contribution < -0.4 is 10.1 Å². The molecule has 1 aliphatic carbocycles. The van der Waals surface area contributed by atoms with E-state index >= 15 is 0 Å². The smallest absolute Gasteiger partial charge is 0.336 e. The molecule has 34 heavy (non-hydrogen) atoms. The molecule has 184 valence electrons. The Morgan fingerprint density at radius 2 is 1.91 bits per heavy atom. The van der Waals surface area contributed by atoms with E-state index in [0.717, 1.165) is 6.42 Å². The van der Waals surface area contributed by atoms with Gasteiger partial charge >= 0.3 is 11.9 Å². The maximum Gasteiger partial charge on any atom is 0.336 e. The second-order valence-corrected chi connectivity index (χ2v) is 8.56. The van der Waals surface area contributed by atoms with Crippen molar-refractivity contribution < 1.29 is 33.3 Å². The Bertz CT molecular complexity index is 1010. The third kappa shape index (κ3) is 5.17. The average molecular weight is 472 g/mol. The van der Waals surface area contributed by atoms with Crippen LogP contribution in [0.2, 0.25) is 0 Å². The van der Waals surface area contributed by atoms with Crippen molar-refractivity contribution in [3.8, 4) is 5.75 Å². The van der Waals surface area contributed by atoms with Crippen LogP contribution in [0.1, 0.15) is 45.1 Å². The highest BCUT2D eigenvalue weighted by molar-refractivity contribution is 6.12. The summed E-state index contributed by atoms with van der Waals surface area (Å²) >= 11 is 0. The van der Waals surface area contributed by atoms with Crippen LogP contribution >= 0.6 is 0 Å². The fraction of sp³-hybridized carbons (Fsp3) is 0.500. The van der Waals surface area contributed by atoms with Crippen LogP contribution in [0, 0.1) is 11.8 Å². The fourth-order valence-electron chi connectivity index (χ4n) is 4.62. The minimum Gasteiger partial charge on any atom is -0.497 e. The van der Waals surface area contributed by atoms with Gasteiger partial charge < -0.3 is 24.3 Å². The lowest BCUT2D eigenvalue weighted by atomic mass is 9.69. The topological polar surface area (TPSA) is 100 Å². The van der Waals surface area contributed by atoms with E-state index < -0.39 is 23.8 Å². The Balaban J connectivity index is 2.04. The minimum absolute atomic E-state index is 0.0993. The van der Waals surface area contributed by atoms with Gasteiger partial charge in [-0.2, -0.15) is 0 Å². The third-order valence-electron chi connectivity index (χ3n) is 6.20. The number of carbonyl (C=O) groups excluding carboxylic acids is 3. The first kappa shape index (κ1) is 25.5. The number of hydrogen-bond acceptors (Lipinski definition) is 8. The molecule has 0 aromatic heterocycles. The third-order valence-corrected chi connectivity index (χ3v) is 6.20. The van der Waals surface area contributed by atoms with Gasteiger partial charge in [0.05, 0.1) is 26.4 Å². The fourth-order valence-corrected chi connectivity index (χ4v) is 4.62. The summed E-state index contributed by atoms with van der Waals surface area (Å²) in [5.41, 5.74) is 2.75. The van der Waals surface area contributed by atoms with Crippen molar-refractivity contribution in [2.45, 2.75) is 39.5 Å². The van der Waals surface area contributed by atoms with Crippen molar-refractivity contribution in [2.75, 3.05) is 34.0 Å². The van der Waals surface area contributed by atoms with E-state index in [1.807, 2.05) is 19.9 Å². The number of Topliss-reactive ketones (excluding diaryl/α,β-unsaturated/α-hetero) is 1. The number of allylic oxidation sites excluding steroid dienone is 3. The summed E-state index contributed by atoms with van der Waals surface area (Å²) in [4.78, 5) is 39.4. The van der Waals surface area contributed by atoms with Crippen LogP contribution in [0.15, 0.2) is 46.8 Å². The molecule has 1 heterocycles. The summed E-state index contributed by atoms with van der Waals surface area (Å²) in [5.74, 6) is -2.74. The number of ketones is 1. The van der Waals surface area contributed by atoms with Crippen molar-refractivity contribution in [1.82, 2.24) is 5.32 Å². The molecule has 1 aliphatic heterocycles. The molecule has 0 saturated carbocycles. The van der Waals surface area contributed by atoms with Gasteiger partial charge in [0.15, 0.2) is 5.78 Å². The van der Waals surface area contributed by atoms with Crippen molar-refractivity contribution in [2.24, 2.45) is 11.8 Å². The molecule has 8 nitrogen and oxygen atoms in total. The van der Waals surface area contributed by atoms with Gasteiger partial charge in [0.2, 0.25) is 0 Å². The van der Waals surface area contributed by atoms with E-state index in [1.165, 1.54) is 7.11 Å². The highest BCUT2D eigenvalue weighted by Crippen LogP contribution is 2.45. The molecule has 0 saturated heterocycles. The van der Waals surface area contributed by atoms with Crippen molar-refractivity contribution >= 4 is 17.7 Å². The molecule has 0 spiro atoms. The number of nitrogens with one attached hydrogen (secondary N) is 1. The second kappa shape index (κ2) is 11.3. The molecule has 1 aromatic carbocycles. The normalized spacial score (nSPS) is 22.1. The molecule has 0 fully saturated rings. The summed E-state index contributed by atoms with van der Waals surface area (Å²) in [7, 11) is 2.83. The second-order valence-electron chi connectivity index (χ2n) is 8.56. The molecular formula is C26H33NO7.